The fourth-order valence-corrected chi connectivity index (χ4v) is 4.18. The fraction of sp³-hybridized carbons (Fsp3) is 0.286. The number of carbonyl (C=O) groups excluding carboxylic acids is 1. The van der Waals surface area contributed by atoms with Crippen LogP contribution in [-0.2, 0) is 0 Å². The maximum Gasteiger partial charge on any atom is 0.253 e. The van der Waals surface area contributed by atoms with Gasteiger partial charge in [-0.25, -0.2) is 4.98 Å². The zero-order chi connectivity index (χ0) is 20.4. The third-order valence-corrected chi connectivity index (χ3v) is 5.85. The van der Waals surface area contributed by atoms with Crippen LogP contribution in [0.5, 0.6) is 5.75 Å². The number of amides is 1. The molecule has 0 saturated carbocycles. The first kappa shape index (κ1) is 19.7. The molecule has 0 atom stereocenters. The smallest absolute Gasteiger partial charge is 0.253 e. The van der Waals surface area contributed by atoms with Crippen LogP contribution in [-0.4, -0.2) is 40.5 Å². The average molecular weight is 503 g/mol. The molecule has 7 nitrogen and oxygen atoms in total. The van der Waals surface area contributed by atoms with E-state index < -0.39 is 0 Å². The first-order valence-electron chi connectivity index (χ1n) is 9.50. The van der Waals surface area contributed by atoms with Crippen molar-refractivity contribution in [2.45, 2.75) is 12.8 Å². The normalized spacial score (nSPS) is 14.9. The Bertz CT molecular complexity index is 1050. The Morgan fingerprint density at radius 3 is 2.66 bits per heavy atom. The molecule has 0 bridgehead atoms. The predicted molar refractivity (Wildman–Crippen MR) is 122 cm³/mol. The van der Waals surface area contributed by atoms with Gasteiger partial charge in [-0.15, -0.1) is 0 Å². The quantitative estimate of drug-likeness (QED) is 0.529. The molecule has 1 aliphatic rings. The van der Waals surface area contributed by atoms with E-state index in [0.717, 1.165) is 35.1 Å². The Morgan fingerprint density at radius 2 is 1.90 bits per heavy atom. The number of halogens is 1. The molecular formula is C21H22IN5O2. The number of benzene rings is 2. The highest BCUT2D eigenvalue weighted by molar-refractivity contribution is 14.1. The Hall–Kier alpha value is -2.62. The van der Waals surface area contributed by atoms with Crippen LogP contribution in [0, 0.1) is 9.49 Å². The van der Waals surface area contributed by atoms with E-state index in [2.05, 4.69) is 32.6 Å². The second-order valence-electron chi connectivity index (χ2n) is 7.17. The average Bonchev–Trinajstić information content (AvgIpc) is 2.71. The molecule has 0 spiro atoms. The molecule has 4 N–H and O–H groups in total. The summed E-state index contributed by atoms with van der Waals surface area (Å²) in [5.74, 6) is 1.61. The first-order valence-corrected chi connectivity index (χ1v) is 10.6. The highest BCUT2D eigenvalue weighted by atomic mass is 127. The van der Waals surface area contributed by atoms with Crippen LogP contribution in [0.2, 0.25) is 0 Å². The number of hydrogen-bond acceptors (Lipinski definition) is 6. The van der Waals surface area contributed by atoms with Gasteiger partial charge in [0, 0.05) is 22.2 Å². The number of hydrogen-bond donors (Lipinski definition) is 2. The van der Waals surface area contributed by atoms with Crippen LogP contribution in [0.3, 0.4) is 0 Å². The molecule has 150 valence electrons. The summed E-state index contributed by atoms with van der Waals surface area (Å²) >= 11 is 2.23. The van der Waals surface area contributed by atoms with Crippen LogP contribution in [0.25, 0.3) is 10.9 Å². The van der Waals surface area contributed by atoms with Gasteiger partial charge in [0.05, 0.1) is 17.5 Å². The zero-order valence-electron chi connectivity index (χ0n) is 15.8. The topological polar surface area (TPSA) is 107 Å². The van der Waals surface area contributed by atoms with E-state index >= 15 is 0 Å². The van der Waals surface area contributed by atoms with Gasteiger partial charge in [0.15, 0.2) is 0 Å². The van der Waals surface area contributed by atoms with E-state index in [1.54, 1.807) is 0 Å². The van der Waals surface area contributed by atoms with E-state index in [0.29, 0.717) is 35.0 Å². The van der Waals surface area contributed by atoms with Crippen molar-refractivity contribution in [3.8, 4) is 5.75 Å². The molecule has 1 amide bonds. The van der Waals surface area contributed by atoms with Gasteiger partial charge in [-0.3, -0.25) is 4.79 Å². The van der Waals surface area contributed by atoms with Crippen molar-refractivity contribution in [3.63, 3.8) is 0 Å². The number of anilines is 2. The van der Waals surface area contributed by atoms with Crippen molar-refractivity contribution in [1.29, 1.82) is 0 Å². The van der Waals surface area contributed by atoms with Crippen molar-refractivity contribution in [2.75, 3.05) is 31.2 Å². The summed E-state index contributed by atoms with van der Waals surface area (Å²) in [4.78, 5) is 22.9. The summed E-state index contributed by atoms with van der Waals surface area (Å²) in [5.41, 5.74) is 13.1. The molecule has 2 heterocycles. The molecule has 4 rings (SSSR count). The highest BCUT2D eigenvalue weighted by Crippen LogP contribution is 2.30. The number of likely N-dealkylation sites (tertiary alicyclic amines) is 1. The molecule has 1 aliphatic heterocycles. The van der Waals surface area contributed by atoms with E-state index in [1.165, 1.54) is 0 Å². The van der Waals surface area contributed by atoms with E-state index in [4.69, 9.17) is 16.2 Å². The lowest BCUT2D eigenvalue weighted by Crippen LogP contribution is -2.39. The minimum absolute atomic E-state index is 0.0967. The number of nitrogens with zero attached hydrogens (tertiary/aromatic N) is 3. The number of aromatic nitrogens is 2. The van der Waals surface area contributed by atoms with E-state index in [-0.39, 0.29) is 11.9 Å². The number of rotatable bonds is 4. The van der Waals surface area contributed by atoms with Gasteiger partial charge in [0.25, 0.3) is 5.91 Å². The fourth-order valence-electron chi connectivity index (χ4n) is 3.63. The third kappa shape index (κ3) is 4.36. The molecule has 1 saturated heterocycles. The van der Waals surface area contributed by atoms with Crippen molar-refractivity contribution >= 4 is 51.2 Å². The minimum atomic E-state index is 0.0967. The Morgan fingerprint density at radius 1 is 1.14 bits per heavy atom. The summed E-state index contributed by atoms with van der Waals surface area (Å²) in [6.45, 7) is 2.03. The number of carbonyl (C=O) groups is 1. The molecule has 29 heavy (non-hydrogen) atoms. The number of fused-ring (bicyclic) bond motifs is 1. The second-order valence-corrected chi connectivity index (χ2v) is 8.42. The molecule has 8 heteroatoms. The molecule has 3 aromatic rings. The van der Waals surface area contributed by atoms with Crippen molar-refractivity contribution < 1.29 is 9.53 Å². The lowest BCUT2D eigenvalue weighted by atomic mass is 9.97. The lowest BCUT2D eigenvalue weighted by Gasteiger charge is -2.32. The third-order valence-electron chi connectivity index (χ3n) is 5.18. The zero-order valence-corrected chi connectivity index (χ0v) is 18.0. The van der Waals surface area contributed by atoms with Crippen molar-refractivity contribution in [3.05, 3.63) is 51.6 Å². The Balaban J connectivity index is 1.37. The molecule has 1 aromatic heterocycles. The minimum Gasteiger partial charge on any atom is -0.492 e. The van der Waals surface area contributed by atoms with Gasteiger partial charge in [-0.2, -0.15) is 4.98 Å². The maximum absolute atomic E-state index is 12.7. The van der Waals surface area contributed by atoms with Gasteiger partial charge >= 0.3 is 0 Å². The van der Waals surface area contributed by atoms with Crippen LogP contribution < -0.4 is 16.2 Å². The van der Waals surface area contributed by atoms with Gasteiger partial charge in [-0.05, 0) is 71.7 Å². The van der Waals surface area contributed by atoms with Gasteiger partial charge < -0.3 is 21.1 Å². The van der Waals surface area contributed by atoms with Crippen molar-refractivity contribution in [1.82, 2.24) is 14.9 Å². The number of nitrogens with two attached hydrogens (primary N) is 2. The van der Waals surface area contributed by atoms with Gasteiger partial charge in [0.2, 0.25) is 5.95 Å². The van der Waals surface area contributed by atoms with Gasteiger partial charge in [0.1, 0.15) is 11.6 Å². The largest absolute Gasteiger partial charge is 0.492 e. The summed E-state index contributed by atoms with van der Waals surface area (Å²) in [5, 5.41) is 0.688. The molecule has 0 radical (unpaired) electrons. The summed E-state index contributed by atoms with van der Waals surface area (Å²) in [6.07, 6.45) is 1.80. The molecule has 1 fully saturated rings. The summed E-state index contributed by atoms with van der Waals surface area (Å²) in [6, 6.07) is 13.3. The predicted octanol–water partition coefficient (Wildman–Crippen LogP) is 3.33. The summed E-state index contributed by atoms with van der Waals surface area (Å²) in [7, 11) is 0. The number of piperidine rings is 1. The Kier molecular flexibility index (Phi) is 5.70. The van der Waals surface area contributed by atoms with Crippen molar-refractivity contribution in [2.24, 2.45) is 5.92 Å². The van der Waals surface area contributed by atoms with Gasteiger partial charge in [-0.1, -0.05) is 12.1 Å². The summed E-state index contributed by atoms with van der Waals surface area (Å²) < 4.78 is 7.14. The highest BCUT2D eigenvalue weighted by Gasteiger charge is 2.24. The van der Waals surface area contributed by atoms with E-state index in [9.17, 15) is 4.79 Å². The van der Waals surface area contributed by atoms with Crippen LogP contribution in [0.15, 0.2) is 42.5 Å². The standard InChI is InChI=1S/C21H22IN5O2/c22-15-4-1-3-14(11-15)20(28)27-9-7-13(8-10-27)12-29-17-6-2-5-16-18(17)19(23)26-21(24)25-16/h1-6,11,13H,7-10,12H2,(H4,23,24,25,26). The molecule has 2 aromatic carbocycles. The number of ether oxygens (including phenoxy) is 1. The molecular weight excluding hydrogens is 481 g/mol. The van der Waals surface area contributed by atoms with Crippen LogP contribution >= 0.6 is 22.6 Å². The molecule has 0 unspecified atom stereocenters. The number of nitrogen functional groups attached to an aromatic ring is 2. The van der Waals surface area contributed by atoms with Crippen LogP contribution in [0.4, 0.5) is 11.8 Å². The van der Waals surface area contributed by atoms with E-state index in [1.807, 2.05) is 47.4 Å². The Labute approximate surface area is 182 Å². The molecule has 0 aliphatic carbocycles. The maximum atomic E-state index is 12.7. The SMILES string of the molecule is Nc1nc(N)c2c(OCC3CCN(C(=O)c4cccc(I)c4)CC3)cccc2n1. The monoisotopic (exact) mass is 503 g/mol. The first-order chi connectivity index (χ1) is 14.0. The van der Waals surface area contributed by atoms with Crippen LogP contribution in [0.1, 0.15) is 23.2 Å². The lowest BCUT2D eigenvalue weighted by molar-refractivity contribution is 0.0661. The second kappa shape index (κ2) is 8.40.